The second-order valence-corrected chi connectivity index (χ2v) is 5.56. The minimum absolute atomic E-state index is 0.00935. The summed E-state index contributed by atoms with van der Waals surface area (Å²) in [6.45, 7) is 4.24. The molecule has 0 saturated carbocycles. The zero-order valence-corrected chi connectivity index (χ0v) is 14.2. The van der Waals surface area contributed by atoms with Gasteiger partial charge in [0.1, 0.15) is 5.75 Å². The molecule has 7 nitrogen and oxygen atoms in total. The average Bonchev–Trinajstić information content (AvgIpc) is 2.95. The lowest BCUT2D eigenvalue weighted by molar-refractivity contribution is -0.117. The SMILES string of the molecule is CCOCCCNC(=O)NC1CC(=O)N(c2cccc(OC)c2)C1. The molecule has 2 rings (SSSR count). The van der Waals surface area contributed by atoms with Crippen molar-refractivity contribution in [3.63, 3.8) is 0 Å². The highest BCUT2D eigenvalue weighted by atomic mass is 16.5. The van der Waals surface area contributed by atoms with Crippen LogP contribution in [0.4, 0.5) is 10.5 Å². The first kappa shape index (κ1) is 18.1. The fourth-order valence-electron chi connectivity index (χ4n) is 2.59. The van der Waals surface area contributed by atoms with Gasteiger partial charge in [0.2, 0.25) is 5.91 Å². The first-order chi connectivity index (χ1) is 11.6. The lowest BCUT2D eigenvalue weighted by atomic mass is 10.2. The Kier molecular flexibility index (Phi) is 6.87. The lowest BCUT2D eigenvalue weighted by Gasteiger charge is -2.18. The molecule has 7 heteroatoms. The number of amides is 3. The predicted molar refractivity (Wildman–Crippen MR) is 91.4 cm³/mol. The van der Waals surface area contributed by atoms with Crippen molar-refractivity contribution in [3.05, 3.63) is 24.3 Å². The predicted octanol–water partition coefficient (Wildman–Crippen LogP) is 1.53. The molecule has 24 heavy (non-hydrogen) atoms. The molecule has 1 heterocycles. The highest BCUT2D eigenvalue weighted by Gasteiger charge is 2.31. The zero-order valence-electron chi connectivity index (χ0n) is 14.2. The third-order valence-corrected chi connectivity index (χ3v) is 3.78. The van der Waals surface area contributed by atoms with Gasteiger partial charge in [0, 0.05) is 44.5 Å². The Morgan fingerprint density at radius 1 is 1.42 bits per heavy atom. The number of benzene rings is 1. The van der Waals surface area contributed by atoms with Crippen molar-refractivity contribution in [3.8, 4) is 5.75 Å². The third kappa shape index (κ3) is 5.13. The van der Waals surface area contributed by atoms with E-state index in [1.54, 1.807) is 12.0 Å². The summed E-state index contributed by atoms with van der Waals surface area (Å²) in [4.78, 5) is 25.7. The summed E-state index contributed by atoms with van der Waals surface area (Å²) in [5.74, 6) is 0.689. The molecule has 1 atom stereocenters. The smallest absolute Gasteiger partial charge is 0.315 e. The number of nitrogens with zero attached hydrogens (tertiary/aromatic N) is 1. The van der Waals surface area contributed by atoms with E-state index in [4.69, 9.17) is 9.47 Å². The van der Waals surface area contributed by atoms with Gasteiger partial charge in [-0.2, -0.15) is 0 Å². The number of urea groups is 1. The molecule has 1 aliphatic heterocycles. The molecule has 0 aromatic heterocycles. The molecule has 1 fully saturated rings. The summed E-state index contributed by atoms with van der Waals surface area (Å²) in [5.41, 5.74) is 0.778. The van der Waals surface area contributed by atoms with Crippen molar-refractivity contribution in [1.29, 1.82) is 0 Å². The van der Waals surface area contributed by atoms with Gasteiger partial charge in [-0.15, -0.1) is 0 Å². The maximum Gasteiger partial charge on any atom is 0.315 e. The van der Waals surface area contributed by atoms with Crippen LogP contribution in [0, 0.1) is 0 Å². The van der Waals surface area contributed by atoms with Crippen LogP contribution in [0.1, 0.15) is 19.8 Å². The van der Waals surface area contributed by atoms with E-state index in [9.17, 15) is 9.59 Å². The minimum atomic E-state index is -0.253. The molecule has 1 aromatic rings. The van der Waals surface area contributed by atoms with Gasteiger partial charge in [0.25, 0.3) is 0 Å². The largest absolute Gasteiger partial charge is 0.497 e. The Bertz CT molecular complexity index is 565. The summed E-state index contributed by atoms with van der Waals surface area (Å²) in [5, 5.41) is 5.62. The summed E-state index contributed by atoms with van der Waals surface area (Å²) in [6.07, 6.45) is 1.06. The molecule has 1 unspecified atom stereocenters. The molecular weight excluding hydrogens is 310 g/mol. The van der Waals surface area contributed by atoms with Crippen LogP contribution in [0.2, 0.25) is 0 Å². The van der Waals surface area contributed by atoms with Gasteiger partial charge in [-0.05, 0) is 25.5 Å². The van der Waals surface area contributed by atoms with Gasteiger partial charge in [0.15, 0.2) is 0 Å². The molecule has 2 N–H and O–H groups in total. The molecule has 1 saturated heterocycles. The van der Waals surface area contributed by atoms with Crippen molar-refractivity contribution in [2.24, 2.45) is 0 Å². The number of nitrogens with one attached hydrogen (secondary N) is 2. The fourth-order valence-corrected chi connectivity index (χ4v) is 2.59. The van der Waals surface area contributed by atoms with Gasteiger partial charge in [0.05, 0.1) is 13.2 Å². The quantitative estimate of drug-likeness (QED) is 0.706. The van der Waals surface area contributed by atoms with E-state index < -0.39 is 0 Å². The van der Waals surface area contributed by atoms with Crippen molar-refractivity contribution in [2.45, 2.75) is 25.8 Å². The molecule has 1 aromatic carbocycles. The molecule has 132 valence electrons. The number of methoxy groups -OCH3 is 1. The van der Waals surface area contributed by atoms with Gasteiger partial charge in [-0.25, -0.2) is 4.79 Å². The molecule has 1 aliphatic rings. The number of carbonyl (C=O) groups excluding carboxylic acids is 2. The second kappa shape index (κ2) is 9.12. The fraction of sp³-hybridized carbons (Fsp3) is 0.529. The molecule has 0 aliphatic carbocycles. The molecular formula is C17H25N3O4. The van der Waals surface area contributed by atoms with Crippen LogP contribution in [0.15, 0.2) is 24.3 Å². The van der Waals surface area contributed by atoms with Crippen LogP contribution >= 0.6 is 0 Å². The topological polar surface area (TPSA) is 79.9 Å². The van der Waals surface area contributed by atoms with E-state index in [2.05, 4.69) is 10.6 Å². The highest BCUT2D eigenvalue weighted by Crippen LogP contribution is 2.25. The summed E-state index contributed by atoms with van der Waals surface area (Å²) in [7, 11) is 1.59. The third-order valence-electron chi connectivity index (χ3n) is 3.78. The Morgan fingerprint density at radius 2 is 2.25 bits per heavy atom. The van der Waals surface area contributed by atoms with Crippen LogP contribution in [0.3, 0.4) is 0 Å². The van der Waals surface area contributed by atoms with Crippen molar-refractivity contribution < 1.29 is 19.1 Å². The number of ether oxygens (including phenoxy) is 2. The maximum atomic E-state index is 12.2. The number of hydrogen-bond donors (Lipinski definition) is 2. The van der Waals surface area contributed by atoms with E-state index in [-0.39, 0.29) is 18.0 Å². The monoisotopic (exact) mass is 335 g/mol. The van der Waals surface area contributed by atoms with E-state index in [0.717, 1.165) is 12.1 Å². The van der Waals surface area contributed by atoms with E-state index in [0.29, 0.717) is 38.5 Å². The van der Waals surface area contributed by atoms with Crippen LogP contribution in [0.25, 0.3) is 0 Å². The summed E-state index contributed by atoms with van der Waals surface area (Å²) < 4.78 is 10.4. The standard InChI is InChI=1S/C17H25N3O4/c1-3-24-9-5-8-18-17(22)19-13-10-16(21)20(12-13)14-6-4-7-15(11-14)23-2/h4,6-7,11,13H,3,5,8-10,12H2,1-2H3,(H2,18,19,22). The number of anilines is 1. The Morgan fingerprint density at radius 3 is 3.00 bits per heavy atom. The first-order valence-electron chi connectivity index (χ1n) is 8.20. The number of hydrogen-bond acceptors (Lipinski definition) is 4. The zero-order chi connectivity index (χ0) is 17.4. The van der Waals surface area contributed by atoms with Crippen LogP contribution in [-0.4, -0.2) is 51.4 Å². The van der Waals surface area contributed by atoms with Crippen LogP contribution in [-0.2, 0) is 9.53 Å². The van der Waals surface area contributed by atoms with Crippen molar-refractivity contribution in [1.82, 2.24) is 10.6 Å². The second-order valence-electron chi connectivity index (χ2n) is 5.56. The van der Waals surface area contributed by atoms with E-state index >= 15 is 0 Å². The van der Waals surface area contributed by atoms with Gasteiger partial charge in [-0.1, -0.05) is 6.07 Å². The number of carbonyl (C=O) groups is 2. The Balaban J connectivity index is 1.80. The summed E-state index contributed by atoms with van der Waals surface area (Å²) >= 11 is 0. The Hall–Kier alpha value is -2.28. The minimum Gasteiger partial charge on any atom is -0.497 e. The van der Waals surface area contributed by atoms with Gasteiger partial charge >= 0.3 is 6.03 Å². The van der Waals surface area contributed by atoms with Crippen molar-refractivity contribution in [2.75, 3.05) is 38.3 Å². The average molecular weight is 335 g/mol. The van der Waals surface area contributed by atoms with Crippen LogP contribution < -0.4 is 20.3 Å². The molecule has 3 amide bonds. The summed E-state index contributed by atoms with van der Waals surface area (Å²) in [6, 6.07) is 6.89. The number of rotatable bonds is 8. The van der Waals surface area contributed by atoms with E-state index in [1.165, 1.54) is 0 Å². The Labute approximate surface area is 142 Å². The first-order valence-corrected chi connectivity index (χ1v) is 8.20. The molecule has 0 bridgehead atoms. The van der Waals surface area contributed by atoms with Crippen molar-refractivity contribution >= 4 is 17.6 Å². The van der Waals surface area contributed by atoms with Crippen LogP contribution in [0.5, 0.6) is 5.75 Å². The molecule has 0 radical (unpaired) electrons. The van der Waals surface area contributed by atoms with E-state index in [1.807, 2.05) is 31.2 Å². The van der Waals surface area contributed by atoms with Gasteiger partial charge < -0.3 is 25.0 Å². The molecule has 0 spiro atoms. The highest BCUT2D eigenvalue weighted by molar-refractivity contribution is 5.97. The normalized spacial score (nSPS) is 17.0. The van der Waals surface area contributed by atoms with Gasteiger partial charge in [-0.3, -0.25) is 4.79 Å². The lowest BCUT2D eigenvalue weighted by Crippen LogP contribution is -2.43. The maximum absolute atomic E-state index is 12.2.